The van der Waals surface area contributed by atoms with Gasteiger partial charge in [-0.05, 0) is 88.3 Å². The summed E-state index contributed by atoms with van der Waals surface area (Å²) >= 11 is 0. The van der Waals surface area contributed by atoms with E-state index in [0.29, 0.717) is 19.3 Å². The number of methoxy groups -OCH3 is 1. The van der Waals surface area contributed by atoms with Gasteiger partial charge in [-0.2, -0.15) is 0 Å². The van der Waals surface area contributed by atoms with Gasteiger partial charge in [-0.15, -0.1) is 0 Å². The van der Waals surface area contributed by atoms with Crippen LogP contribution in [0.1, 0.15) is 55.8 Å². The molecule has 1 aromatic carbocycles. The number of nitrogens with zero attached hydrogens (tertiary/aromatic N) is 2. The third-order valence-electron chi connectivity index (χ3n) is 6.55. The number of pyridine rings is 1. The maximum atomic E-state index is 12.6. The second-order valence-electron chi connectivity index (χ2n) is 9.13. The Hall–Kier alpha value is -3.09. The first-order valence-corrected chi connectivity index (χ1v) is 11.8. The molecule has 2 aromatic rings. The number of carbonyl (C=O) groups excluding carboxylic acids is 2. The van der Waals surface area contributed by atoms with E-state index in [1.807, 2.05) is 32.9 Å². The molecule has 3 heterocycles. The molecule has 1 amide bonds. The molecule has 1 N–H and O–H groups in total. The number of fused-ring (bicyclic) bond motifs is 1. The average Bonchev–Trinajstić information content (AvgIpc) is 3.12. The molecule has 4 rings (SSSR count). The Morgan fingerprint density at radius 2 is 2.12 bits per heavy atom. The van der Waals surface area contributed by atoms with Crippen LogP contribution in [0.15, 0.2) is 24.3 Å². The van der Waals surface area contributed by atoms with Crippen LogP contribution < -0.4 is 15.0 Å². The molecule has 1 fully saturated rings. The quantitative estimate of drug-likeness (QED) is 0.606. The van der Waals surface area contributed by atoms with Crippen LogP contribution >= 0.6 is 0 Å². The summed E-state index contributed by atoms with van der Waals surface area (Å²) in [6, 6.07) is 8.22. The molecule has 2 atom stereocenters. The van der Waals surface area contributed by atoms with Gasteiger partial charge in [0.1, 0.15) is 11.6 Å². The van der Waals surface area contributed by atoms with Gasteiger partial charge in [0.15, 0.2) is 0 Å². The van der Waals surface area contributed by atoms with Gasteiger partial charge in [0.2, 0.25) is 5.91 Å². The summed E-state index contributed by atoms with van der Waals surface area (Å²) in [5, 5.41) is 3.04. The topological polar surface area (TPSA) is 80.8 Å². The molecule has 7 nitrogen and oxygen atoms in total. The van der Waals surface area contributed by atoms with Crippen molar-refractivity contribution in [2.45, 2.75) is 65.4 Å². The maximum Gasteiger partial charge on any atom is 0.309 e. The number of benzene rings is 1. The lowest BCUT2D eigenvalue weighted by atomic mass is 9.98. The Balaban J connectivity index is 1.42. The zero-order chi connectivity index (χ0) is 23.5. The van der Waals surface area contributed by atoms with E-state index >= 15 is 0 Å². The fraction of sp³-hybridized carbons (Fsp3) is 0.500. The minimum atomic E-state index is -0.132. The molecule has 2 aliphatic heterocycles. The number of cyclic esters (lactones) is 1. The van der Waals surface area contributed by atoms with Crippen molar-refractivity contribution in [1.82, 2.24) is 4.98 Å². The number of hydrogen-bond acceptors (Lipinski definition) is 6. The van der Waals surface area contributed by atoms with Gasteiger partial charge in [-0.1, -0.05) is 0 Å². The molecule has 0 saturated carbocycles. The largest absolute Gasteiger partial charge is 0.497 e. The summed E-state index contributed by atoms with van der Waals surface area (Å²) in [7, 11) is 1.69. The Labute approximate surface area is 195 Å². The van der Waals surface area contributed by atoms with Crippen LogP contribution in [0.3, 0.4) is 0 Å². The number of esters is 1. The third kappa shape index (κ3) is 5.13. The van der Waals surface area contributed by atoms with Gasteiger partial charge in [0, 0.05) is 18.7 Å². The van der Waals surface area contributed by atoms with E-state index in [1.165, 1.54) is 5.56 Å². The molecule has 0 spiro atoms. The summed E-state index contributed by atoms with van der Waals surface area (Å²) in [6.07, 6.45) is 4.52. The van der Waals surface area contributed by atoms with E-state index in [4.69, 9.17) is 14.5 Å². The van der Waals surface area contributed by atoms with Crippen molar-refractivity contribution in [3.05, 3.63) is 41.1 Å². The van der Waals surface area contributed by atoms with Gasteiger partial charge in [0.25, 0.3) is 0 Å². The minimum absolute atomic E-state index is 0.0138. The first-order valence-electron chi connectivity index (χ1n) is 11.8. The standard InChI is InChI=1S/C26H33N3O4/c1-16-13-23(29-12-6-8-19-15-21(32-4)10-11-22(19)29)27-18(3)25(16)28-24(30)9-5-7-20-14-17(2)33-26(20)31/h10-11,13,15,17,20H,5-9,12,14H2,1-4H3,(H,28,30). The number of rotatable bonds is 7. The predicted molar refractivity (Wildman–Crippen MR) is 128 cm³/mol. The molecule has 1 saturated heterocycles. The Morgan fingerprint density at radius 3 is 2.82 bits per heavy atom. The van der Waals surface area contributed by atoms with Crippen molar-refractivity contribution in [2.24, 2.45) is 5.92 Å². The van der Waals surface area contributed by atoms with Crippen molar-refractivity contribution in [3.63, 3.8) is 0 Å². The first-order chi connectivity index (χ1) is 15.9. The van der Waals surface area contributed by atoms with E-state index in [9.17, 15) is 9.59 Å². The van der Waals surface area contributed by atoms with Crippen LogP contribution in [-0.4, -0.2) is 36.6 Å². The van der Waals surface area contributed by atoms with E-state index in [1.54, 1.807) is 7.11 Å². The number of carbonyl (C=O) groups is 2. The Bertz CT molecular complexity index is 1030. The molecule has 33 heavy (non-hydrogen) atoms. The molecule has 0 bridgehead atoms. The van der Waals surface area contributed by atoms with E-state index in [-0.39, 0.29) is 23.9 Å². The highest BCUT2D eigenvalue weighted by Crippen LogP contribution is 2.36. The molecule has 0 aliphatic carbocycles. The van der Waals surface area contributed by atoms with E-state index < -0.39 is 0 Å². The fourth-order valence-corrected chi connectivity index (χ4v) is 4.86. The molecule has 1 aromatic heterocycles. The minimum Gasteiger partial charge on any atom is -0.497 e. The molecule has 176 valence electrons. The van der Waals surface area contributed by atoms with Gasteiger partial charge in [-0.25, -0.2) is 4.98 Å². The Kier molecular flexibility index (Phi) is 6.86. The van der Waals surface area contributed by atoms with Crippen LogP contribution in [0.4, 0.5) is 17.2 Å². The highest BCUT2D eigenvalue weighted by atomic mass is 16.5. The lowest BCUT2D eigenvalue weighted by Crippen LogP contribution is -2.26. The zero-order valence-corrected chi connectivity index (χ0v) is 19.9. The lowest BCUT2D eigenvalue weighted by molar-refractivity contribution is -0.144. The van der Waals surface area contributed by atoms with Gasteiger partial charge >= 0.3 is 5.97 Å². The van der Waals surface area contributed by atoms with Gasteiger partial charge in [0.05, 0.1) is 30.5 Å². The van der Waals surface area contributed by atoms with Gasteiger partial charge in [-0.3, -0.25) is 9.59 Å². The monoisotopic (exact) mass is 451 g/mol. The van der Waals surface area contributed by atoms with Crippen LogP contribution in [0.5, 0.6) is 5.75 Å². The number of aromatic nitrogens is 1. The molecule has 0 radical (unpaired) electrons. The van der Waals surface area contributed by atoms with Crippen molar-refractivity contribution in [3.8, 4) is 5.75 Å². The summed E-state index contributed by atoms with van der Waals surface area (Å²) < 4.78 is 10.6. The van der Waals surface area contributed by atoms with E-state index in [0.717, 1.165) is 60.0 Å². The molecular formula is C26H33N3O4. The van der Waals surface area contributed by atoms with Crippen LogP contribution in [0, 0.1) is 19.8 Å². The SMILES string of the molecule is COc1ccc2c(c1)CCCN2c1cc(C)c(NC(=O)CCCC2CC(C)OC2=O)c(C)n1. The summed E-state index contributed by atoms with van der Waals surface area (Å²) in [4.78, 5) is 31.4. The summed E-state index contributed by atoms with van der Waals surface area (Å²) in [5.41, 5.74) is 4.97. The normalized spacial score (nSPS) is 19.8. The second kappa shape index (κ2) is 9.81. The van der Waals surface area contributed by atoms with Crippen molar-refractivity contribution in [1.29, 1.82) is 0 Å². The molecule has 7 heteroatoms. The number of aryl methyl sites for hydroxylation is 3. The predicted octanol–water partition coefficient (Wildman–Crippen LogP) is 4.85. The van der Waals surface area contributed by atoms with Crippen molar-refractivity contribution in [2.75, 3.05) is 23.9 Å². The molecule has 2 unspecified atom stereocenters. The average molecular weight is 452 g/mol. The van der Waals surface area contributed by atoms with Gasteiger partial charge < -0.3 is 19.7 Å². The third-order valence-corrected chi connectivity index (χ3v) is 6.55. The highest BCUT2D eigenvalue weighted by molar-refractivity contribution is 5.92. The van der Waals surface area contributed by atoms with E-state index in [2.05, 4.69) is 22.3 Å². The molecule has 2 aliphatic rings. The number of anilines is 3. The van der Waals surface area contributed by atoms with Crippen LogP contribution in [0.2, 0.25) is 0 Å². The second-order valence-corrected chi connectivity index (χ2v) is 9.13. The maximum absolute atomic E-state index is 12.6. The number of ether oxygens (including phenoxy) is 2. The fourth-order valence-electron chi connectivity index (χ4n) is 4.86. The van der Waals surface area contributed by atoms with Crippen LogP contribution in [-0.2, 0) is 20.7 Å². The highest BCUT2D eigenvalue weighted by Gasteiger charge is 2.31. The summed E-state index contributed by atoms with van der Waals surface area (Å²) in [5.74, 6) is 1.50. The van der Waals surface area contributed by atoms with Crippen molar-refractivity contribution >= 4 is 29.1 Å². The number of hydrogen-bond donors (Lipinski definition) is 1. The van der Waals surface area contributed by atoms with Crippen molar-refractivity contribution < 1.29 is 19.1 Å². The molecular weight excluding hydrogens is 418 g/mol. The number of amides is 1. The van der Waals surface area contributed by atoms with Crippen LogP contribution in [0.25, 0.3) is 0 Å². The zero-order valence-electron chi connectivity index (χ0n) is 19.9. The Morgan fingerprint density at radius 1 is 1.30 bits per heavy atom. The lowest BCUT2D eigenvalue weighted by Gasteiger charge is -2.31. The number of nitrogens with one attached hydrogen (secondary N) is 1. The smallest absolute Gasteiger partial charge is 0.309 e. The summed E-state index contributed by atoms with van der Waals surface area (Å²) in [6.45, 7) is 6.74. The first kappa shape index (κ1) is 23.1.